The van der Waals surface area contributed by atoms with Gasteiger partial charge in [0.25, 0.3) is 0 Å². The van der Waals surface area contributed by atoms with Crippen molar-refractivity contribution < 1.29 is 87.9 Å². The number of primary amides is 2. The first-order valence-corrected chi connectivity index (χ1v) is 17.0. The Morgan fingerprint density at radius 2 is 0.828 bits per heavy atom. The third kappa shape index (κ3) is 20.1. The van der Waals surface area contributed by atoms with Crippen LogP contribution in [-0.4, -0.2) is 151 Å². The normalized spacial score (nSPS) is 14.8. The Kier molecular flexibility index (Phi) is 21.6. The van der Waals surface area contributed by atoms with Gasteiger partial charge in [-0.1, -0.05) is 0 Å². The van der Waals surface area contributed by atoms with Gasteiger partial charge in [0.2, 0.25) is 53.2 Å². The fourth-order valence-electron chi connectivity index (χ4n) is 4.64. The number of carboxylic acid groups (broad SMARTS) is 4. The molecular weight excluding hydrogens is 786 g/mol. The molecule has 324 valence electrons. The Hall–Kier alpha value is -6.93. The second-order valence-electron chi connectivity index (χ2n) is 12.6. The van der Waals surface area contributed by atoms with Crippen molar-refractivity contribution in [3.05, 3.63) is 0 Å². The van der Waals surface area contributed by atoms with E-state index in [0.29, 0.717) is 0 Å². The molecule has 27 nitrogen and oxygen atoms in total. The molecule has 9 amide bonds. The highest BCUT2D eigenvalue weighted by atomic mass is 16.4. The lowest BCUT2D eigenvalue weighted by Gasteiger charge is -2.26. The predicted molar refractivity (Wildman–Crippen MR) is 188 cm³/mol. The molecule has 0 fully saturated rings. The van der Waals surface area contributed by atoms with E-state index in [0.717, 1.165) is 20.8 Å². The van der Waals surface area contributed by atoms with Gasteiger partial charge < -0.3 is 74.2 Å². The zero-order valence-corrected chi connectivity index (χ0v) is 31.3. The van der Waals surface area contributed by atoms with Crippen LogP contribution in [-0.2, 0) is 62.3 Å². The Bertz CT molecular complexity index is 1620. The molecule has 0 radical (unpaired) electrons. The third-order valence-corrected chi connectivity index (χ3v) is 7.52. The summed E-state index contributed by atoms with van der Waals surface area (Å²) in [5.74, 6) is -17.1. The first-order chi connectivity index (χ1) is 26.7. The standard InChI is InChI=1S/C31H47N9O18/c1-11(26(53)36-14(4-6-20(44)45)27(54)40-18(10-23(50)51)30(57)38-16(25(33)52)8-19(32)43)34-29(56)17(9-22(48)49)39-28(55)15(5-7-21(46)47)37-31(58)24(12(2)41)35-13(3)42/h11-12,14-18,24,41H,4-10H2,1-3H3,(H2,32,43)(H2,33,52)(H,34,56)(H,35,42)(H,36,53)(H,37,58)(H,38,57)(H,39,55)(H,40,54)(H,44,45)(H,46,47)(H,48,49)(H,50,51)/t11-,12+,14-,15-,16-,17-,18-,24-/m0/s1. The number of carboxylic acids is 4. The molecule has 0 aliphatic rings. The highest BCUT2D eigenvalue weighted by Crippen LogP contribution is 2.06. The minimum Gasteiger partial charge on any atom is -0.481 e. The number of aliphatic carboxylic acids is 4. The van der Waals surface area contributed by atoms with Crippen LogP contribution in [0.5, 0.6) is 0 Å². The zero-order chi connectivity index (χ0) is 45.0. The van der Waals surface area contributed by atoms with Gasteiger partial charge in [0, 0.05) is 19.8 Å². The first-order valence-electron chi connectivity index (χ1n) is 17.0. The quantitative estimate of drug-likeness (QED) is 0.0365. The number of aliphatic hydroxyl groups is 1. The van der Waals surface area contributed by atoms with E-state index in [1.165, 1.54) is 0 Å². The minimum atomic E-state index is -2.02. The Balaban J connectivity index is 6.22. The van der Waals surface area contributed by atoms with Crippen LogP contribution >= 0.6 is 0 Å². The van der Waals surface area contributed by atoms with E-state index in [9.17, 15) is 82.8 Å². The van der Waals surface area contributed by atoms with Gasteiger partial charge in [0.1, 0.15) is 42.3 Å². The SMILES string of the molecule is CC(=O)N[C@H](C(=O)N[C@@H](CCC(=O)O)C(=O)N[C@@H](CC(=O)O)C(=O)N[C@@H](C)C(=O)N[C@@H](CCC(=O)O)C(=O)N[C@@H](CC(=O)O)C(=O)N[C@@H](CC(N)=O)C(N)=O)[C@@H](C)O. The van der Waals surface area contributed by atoms with E-state index < -0.39 is 170 Å². The molecule has 0 heterocycles. The predicted octanol–water partition coefficient (Wildman–Crippen LogP) is -7.16. The van der Waals surface area contributed by atoms with Gasteiger partial charge in [-0.3, -0.25) is 62.3 Å². The molecule has 58 heavy (non-hydrogen) atoms. The Morgan fingerprint density at radius 3 is 1.17 bits per heavy atom. The number of hydrogen-bond acceptors (Lipinski definition) is 14. The summed E-state index contributed by atoms with van der Waals surface area (Å²) in [5, 5.41) is 61.2. The topological polar surface area (TPSA) is 459 Å². The lowest BCUT2D eigenvalue weighted by atomic mass is 10.1. The van der Waals surface area contributed by atoms with Gasteiger partial charge in [-0.25, -0.2) is 0 Å². The van der Waals surface area contributed by atoms with Gasteiger partial charge in [-0.05, 0) is 26.7 Å². The van der Waals surface area contributed by atoms with Gasteiger partial charge >= 0.3 is 23.9 Å². The summed E-state index contributed by atoms with van der Waals surface area (Å²) in [6.45, 7) is 3.12. The number of carbonyl (C=O) groups excluding carboxylic acids is 9. The van der Waals surface area contributed by atoms with Crippen LogP contribution in [0, 0.1) is 0 Å². The van der Waals surface area contributed by atoms with Crippen molar-refractivity contribution >= 4 is 77.0 Å². The highest BCUT2D eigenvalue weighted by Gasteiger charge is 2.35. The smallest absolute Gasteiger partial charge is 0.305 e. The number of hydrogen-bond donors (Lipinski definition) is 14. The molecule has 0 unspecified atom stereocenters. The molecule has 0 aromatic carbocycles. The van der Waals surface area contributed by atoms with E-state index in [-0.39, 0.29) is 0 Å². The van der Waals surface area contributed by atoms with Crippen molar-refractivity contribution in [3.8, 4) is 0 Å². The molecule has 0 rings (SSSR count). The molecule has 0 aromatic heterocycles. The summed E-state index contributed by atoms with van der Waals surface area (Å²) in [5.41, 5.74) is 10.1. The monoisotopic (exact) mass is 833 g/mol. The van der Waals surface area contributed by atoms with Crippen LogP contribution in [0.1, 0.15) is 65.7 Å². The molecule has 0 aliphatic carbocycles. The van der Waals surface area contributed by atoms with Crippen LogP contribution < -0.4 is 48.7 Å². The maximum Gasteiger partial charge on any atom is 0.305 e. The van der Waals surface area contributed by atoms with Crippen molar-refractivity contribution in [3.63, 3.8) is 0 Å². The van der Waals surface area contributed by atoms with Crippen molar-refractivity contribution in [2.45, 2.75) is 114 Å². The van der Waals surface area contributed by atoms with E-state index in [1.807, 2.05) is 16.0 Å². The fraction of sp³-hybridized carbons (Fsp3) is 0.581. The number of amides is 9. The molecule has 0 aliphatic heterocycles. The van der Waals surface area contributed by atoms with Gasteiger partial charge in [0.15, 0.2) is 0 Å². The molecule has 0 aromatic rings. The van der Waals surface area contributed by atoms with Gasteiger partial charge in [0.05, 0.1) is 25.4 Å². The first kappa shape index (κ1) is 51.1. The summed E-state index contributed by atoms with van der Waals surface area (Å²) in [7, 11) is 0. The van der Waals surface area contributed by atoms with Crippen LogP contribution in [0.15, 0.2) is 0 Å². The second-order valence-corrected chi connectivity index (χ2v) is 12.6. The highest BCUT2D eigenvalue weighted by molar-refractivity contribution is 5.99. The number of nitrogens with one attached hydrogen (secondary N) is 7. The van der Waals surface area contributed by atoms with Crippen molar-refractivity contribution in [2.24, 2.45) is 11.5 Å². The van der Waals surface area contributed by atoms with Crippen LogP contribution in [0.4, 0.5) is 0 Å². The molecule has 8 atom stereocenters. The molecule has 0 saturated heterocycles. The maximum absolute atomic E-state index is 13.2. The van der Waals surface area contributed by atoms with E-state index in [1.54, 1.807) is 0 Å². The Morgan fingerprint density at radius 1 is 0.466 bits per heavy atom. The second kappa shape index (κ2) is 24.6. The number of nitrogens with two attached hydrogens (primary N) is 2. The van der Waals surface area contributed by atoms with Crippen LogP contribution in [0.3, 0.4) is 0 Å². The average molecular weight is 834 g/mol. The third-order valence-electron chi connectivity index (χ3n) is 7.52. The maximum atomic E-state index is 13.2. The van der Waals surface area contributed by atoms with E-state index in [4.69, 9.17) is 16.6 Å². The lowest BCUT2D eigenvalue weighted by molar-refractivity contribution is -0.142. The minimum absolute atomic E-state index is 0.631. The number of carbonyl (C=O) groups is 13. The average Bonchev–Trinajstić information content (AvgIpc) is 3.08. The molecule has 0 saturated carbocycles. The van der Waals surface area contributed by atoms with E-state index in [2.05, 4.69) is 21.3 Å². The summed E-state index contributed by atoms with van der Waals surface area (Å²) in [6.07, 6.45) is -7.48. The van der Waals surface area contributed by atoms with Gasteiger partial charge in [-0.15, -0.1) is 0 Å². The lowest BCUT2D eigenvalue weighted by Crippen LogP contribution is -2.60. The summed E-state index contributed by atoms with van der Waals surface area (Å²) < 4.78 is 0. The molecule has 0 spiro atoms. The van der Waals surface area contributed by atoms with E-state index >= 15 is 0 Å². The molecule has 27 heteroatoms. The number of rotatable bonds is 27. The van der Waals surface area contributed by atoms with Crippen molar-refractivity contribution in [1.29, 1.82) is 0 Å². The van der Waals surface area contributed by atoms with Crippen molar-refractivity contribution in [2.75, 3.05) is 0 Å². The number of aliphatic hydroxyl groups excluding tert-OH is 1. The summed E-state index contributed by atoms with van der Waals surface area (Å²) >= 11 is 0. The van der Waals surface area contributed by atoms with Crippen molar-refractivity contribution in [1.82, 2.24) is 37.2 Å². The Labute approximate surface area is 327 Å². The fourth-order valence-corrected chi connectivity index (χ4v) is 4.64. The summed E-state index contributed by atoms with van der Waals surface area (Å²) in [4.78, 5) is 158. The largest absolute Gasteiger partial charge is 0.481 e. The molecule has 0 bridgehead atoms. The molecule has 16 N–H and O–H groups in total. The van der Waals surface area contributed by atoms with Crippen LogP contribution in [0.25, 0.3) is 0 Å². The zero-order valence-electron chi connectivity index (χ0n) is 31.3. The van der Waals surface area contributed by atoms with Crippen LogP contribution in [0.2, 0.25) is 0 Å². The van der Waals surface area contributed by atoms with Gasteiger partial charge in [-0.2, -0.15) is 0 Å². The summed E-state index contributed by atoms with van der Waals surface area (Å²) in [6, 6.07) is -12.7. The molecular formula is C31H47N9O18.